The van der Waals surface area contributed by atoms with Gasteiger partial charge in [0.25, 0.3) is 0 Å². The fourth-order valence-corrected chi connectivity index (χ4v) is 8.97. The van der Waals surface area contributed by atoms with E-state index in [0.717, 1.165) is 5.69 Å². The number of aromatic nitrogens is 1. The first kappa shape index (κ1) is 34.2. The van der Waals surface area contributed by atoms with Crippen LogP contribution >= 0.6 is 20.7 Å². The smallest absolute Gasteiger partial charge is 0.411 e. The number of fused-ring (bicyclic) bond motifs is 6. The van der Waals surface area contributed by atoms with E-state index >= 15 is 0 Å². The van der Waals surface area contributed by atoms with Gasteiger partial charge in [-0.05, 0) is 114 Å². The lowest BCUT2D eigenvalue weighted by molar-refractivity contribution is 0.157. The van der Waals surface area contributed by atoms with Crippen LogP contribution < -0.4 is 20.8 Å². The standard InChI is InChI=1S/C44H33N5O4S2/c50-43(52-25-39-35-13-5-1-9-31(35)32-10-2-6-14-36(32)39)47-29-21-17-27(18-22-29)45-41-49-42(55-54-41)46-28-19-23-30(24-20-28)48-44(51)53-26-40-37-15-7-3-11-33(37)34-12-4-8-16-38(34)40/h1-24,39-40H,25-26H2,(H,47,50)(H,48,51)(H,45,46,49). The van der Waals surface area contributed by atoms with Crippen molar-refractivity contribution in [1.29, 1.82) is 0 Å². The quantitative estimate of drug-likeness (QED) is 0.126. The van der Waals surface area contributed by atoms with Gasteiger partial charge in [0.05, 0.1) is 5.69 Å². The first-order valence-corrected chi connectivity index (χ1v) is 19.9. The summed E-state index contributed by atoms with van der Waals surface area (Å²) < 4.78 is 11.4. The summed E-state index contributed by atoms with van der Waals surface area (Å²) in [5.41, 5.74) is 12.2. The van der Waals surface area contributed by atoms with E-state index in [1.807, 2.05) is 84.9 Å². The highest BCUT2D eigenvalue weighted by Gasteiger charge is 2.30. The van der Waals surface area contributed by atoms with E-state index in [1.54, 1.807) is 12.1 Å². The number of hydrogen-bond acceptors (Lipinski definition) is 9. The molecule has 1 aromatic heterocycles. The van der Waals surface area contributed by atoms with E-state index in [4.69, 9.17) is 9.47 Å². The molecule has 9 rings (SSSR count). The Kier molecular flexibility index (Phi) is 9.37. The second-order valence-corrected chi connectivity index (χ2v) is 15.2. The Labute approximate surface area is 324 Å². The molecule has 0 spiro atoms. The predicted octanol–water partition coefficient (Wildman–Crippen LogP) is 10.9. The summed E-state index contributed by atoms with van der Waals surface area (Å²) in [6.45, 7) is 0.498. The minimum atomic E-state index is -0.509. The highest BCUT2D eigenvalue weighted by molar-refractivity contribution is 7.69. The van der Waals surface area contributed by atoms with E-state index in [9.17, 15) is 9.59 Å². The number of hydrogen-bond donors (Lipinski definition) is 3. The molecule has 9 nitrogen and oxygen atoms in total. The van der Waals surface area contributed by atoms with Crippen molar-refractivity contribution in [3.05, 3.63) is 173 Å². The maximum absolute atomic E-state index is 12.7. The Morgan fingerprint density at radius 3 is 1.38 bits per heavy atom. The molecular weight excluding hydrogens is 727 g/mol. The van der Waals surface area contributed by atoms with Crippen LogP contribution in [0.2, 0.25) is 0 Å². The molecule has 55 heavy (non-hydrogen) atoms. The summed E-state index contributed by atoms with van der Waals surface area (Å²) in [6.07, 6.45) is -1.01. The lowest BCUT2D eigenvalue weighted by Crippen LogP contribution is -2.17. The number of ether oxygens (including phenoxy) is 2. The number of nitrogens with one attached hydrogen (secondary N) is 3. The van der Waals surface area contributed by atoms with Crippen molar-refractivity contribution in [2.45, 2.75) is 11.8 Å². The third-order valence-corrected chi connectivity index (χ3v) is 11.7. The highest BCUT2D eigenvalue weighted by atomic mass is 32.9. The van der Waals surface area contributed by atoms with Crippen molar-refractivity contribution in [2.24, 2.45) is 4.99 Å². The van der Waals surface area contributed by atoms with Crippen molar-refractivity contribution in [2.75, 3.05) is 29.2 Å². The number of carbonyl (C=O) groups is 2. The van der Waals surface area contributed by atoms with Crippen LogP contribution in [0.1, 0.15) is 34.1 Å². The summed E-state index contributed by atoms with van der Waals surface area (Å²) in [5, 5.41) is 9.64. The molecule has 3 N–H and O–H groups in total. The first-order chi connectivity index (χ1) is 27.1. The second-order valence-electron chi connectivity index (χ2n) is 13.1. The van der Waals surface area contributed by atoms with E-state index in [0.29, 0.717) is 27.0 Å². The van der Waals surface area contributed by atoms with Gasteiger partial charge in [-0.15, -0.1) is 0 Å². The Balaban J connectivity index is 0.757. The van der Waals surface area contributed by atoms with Gasteiger partial charge < -0.3 is 14.8 Å². The van der Waals surface area contributed by atoms with Gasteiger partial charge in [-0.1, -0.05) is 97.1 Å². The molecule has 0 fully saturated rings. The molecule has 0 atom stereocenters. The maximum atomic E-state index is 12.7. The van der Waals surface area contributed by atoms with E-state index < -0.39 is 12.2 Å². The van der Waals surface area contributed by atoms with Gasteiger partial charge in [0.1, 0.15) is 13.2 Å². The highest BCUT2D eigenvalue weighted by Crippen LogP contribution is 2.45. The molecule has 1 heterocycles. The summed E-state index contributed by atoms with van der Waals surface area (Å²) >= 11 is 0. The van der Waals surface area contributed by atoms with Gasteiger partial charge in [-0.2, -0.15) is 4.98 Å². The van der Waals surface area contributed by atoms with E-state index in [-0.39, 0.29) is 25.0 Å². The molecule has 11 heteroatoms. The zero-order valence-corrected chi connectivity index (χ0v) is 30.9. The minimum Gasteiger partial charge on any atom is -0.448 e. The lowest BCUT2D eigenvalue weighted by atomic mass is 9.98. The van der Waals surface area contributed by atoms with Crippen LogP contribution in [0.15, 0.2) is 151 Å². The molecule has 270 valence electrons. The Morgan fingerprint density at radius 2 is 0.927 bits per heavy atom. The first-order valence-electron chi connectivity index (χ1n) is 17.8. The third kappa shape index (κ3) is 7.22. The molecule has 0 saturated heterocycles. The molecule has 2 amide bonds. The van der Waals surface area contributed by atoms with Crippen LogP contribution in [0, 0.1) is 0 Å². The number of amides is 2. The Hall–Kier alpha value is -6.56. The predicted molar refractivity (Wildman–Crippen MR) is 219 cm³/mol. The van der Waals surface area contributed by atoms with E-state index in [2.05, 4.69) is 74.5 Å². The summed E-state index contributed by atoms with van der Waals surface area (Å²) in [5.74, 6) is -0.00462. The normalized spacial score (nSPS) is 13.0. The SMILES string of the molecule is O=C(Nc1ccc(N=c2nc(Nc3ccc(NC(=O)OCC4c5ccccc5-c5ccccc54)cc3)ss2)cc1)OCC1c2ccccc2-c2ccccc21. The zero-order chi connectivity index (χ0) is 37.1. The lowest BCUT2D eigenvalue weighted by Gasteiger charge is -2.14. The molecule has 0 saturated carbocycles. The van der Waals surface area contributed by atoms with Crippen LogP contribution in [0.4, 0.5) is 37.5 Å². The molecule has 6 aromatic carbocycles. The minimum absolute atomic E-state index is 0.00109. The molecule has 2 aliphatic rings. The summed E-state index contributed by atoms with van der Waals surface area (Å²) in [6, 6.07) is 47.6. The number of carbonyl (C=O) groups excluding carboxylic acids is 2. The fraction of sp³-hybridized carbons (Fsp3) is 0.0909. The van der Waals surface area contributed by atoms with Crippen LogP contribution in [0.25, 0.3) is 22.3 Å². The monoisotopic (exact) mass is 759 g/mol. The molecule has 7 aromatic rings. The third-order valence-electron chi connectivity index (χ3n) is 9.80. The van der Waals surface area contributed by atoms with Gasteiger partial charge in [-0.25, -0.2) is 14.6 Å². The van der Waals surface area contributed by atoms with Crippen molar-refractivity contribution in [3.8, 4) is 22.3 Å². The van der Waals surface area contributed by atoms with Crippen LogP contribution in [-0.2, 0) is 9.47 Å². The molecule has 0 aliphatic heterocycles. The largest absolute Gasteiger partial charge is 0.448 e. The van der Waals surface area contributed by atoms with Gasteiger partial charge in [0, 0.05) is 28.9 Å². The molecular formula is C44H33N5O4S2. The Bertz CT molecular complexity index is 2510. The van der Waals surface area contributed by atoms with Crippen LogP contribution in [0.5, 0.6) is 0 Å². The van der Waals surface area contributed by atoms with E-state index in [1.165, 1.54) is 65.2 Å². The number of rotatable bonds is 9. The van der Waals surface area contributed by atoms with Crippen LogP contribution in [0.3, 0.4) is 0 Å². The van der Waals surface area contributed by atoms with Gasteiger partial charge in [-0.3, -0.25) is 10.6 Å². The number of anilines is 4. The van der Waals surface area contributed by atoms with Gasteiger partial charge >= 0.3 is 12.2 Å². The molecule has 2 aliphatic carbocycles. The number of benzene rings is 6. The van der Waals surface area contributed by atoms with Gasteiger partial charge in [0.2, 0.25) is 4.80 Å². The number of nitrogens with zero attached hydrogens (tertiary/aromatic N) is 2. The molecule has 0 bridgehead atoms. The molecule has 0 radical (unpaired) electrons. The average molecular weight is 760 g/mol. The van der Waals surface area contributed by atoms with Crippen molar-refractivity contribution in [1.82, 2.24) is 4.98 Å². The van der Waals surface area contributed by atoms with Crippen molar-refractivity contribution in [3.63, 3.8) is 0 Å². The Morgan fingerprint density at radius 1 is 0.527 bits per heavy atom. The zero-order valence-electron chi connectivity index (χ0n) is 29.3. The summed E-state index contributed by atoms with van der Waals surface area (Å²) in [7, 11) is 2.91. The average Bonchev–Trinajstić information content (AvgIpc) is 3.90. The topological polar surface area (TPSA) is 114 Å². The van der Waals surface area contributed by atoms with Crippen molar-refractivity contribution < 1.29 is 19.1 Å². The fourth-order valence-electron chi connectivity index (χ4n) is 7.29. The molecule has 0 unspecified atom stereocenters. The summed E-state index contributed by atoms with van der Waals surface area (Å²) in [4.78, 5) is 35.3. The maximum Gasteiger partial charge on any atom is 0.411 e. The van der Waals surface area contributed by atoms with Gasteiger partial charge in [0.15, 0.2) is 5.13 Å². The van der Waals surface area contributed by atoms with Crippen LogP contribution in [-0.4, -0.2) is 30.4 Å². The second kappa shape index (κ2) is 15.1. The van der Waals surface area contributed by atoms with Crippen molar-refractivity contribution >= 4 is 60.7 Å².